The van der Waals surface area contributed by atoms with E-state index in [0.29, 0.717) is 19.4 Å². The fraction of sp³-hybridized carbons (Fsp3) is 0.455. The van der Waals surface area contributed by atoms with Gasteiger partial charge in [-0.3, -0.25) is 9.69 Å². The summed E-state index contributed by atoms with van der Waals surface area (Å²) in [5, 5.41) is 1.20. The average molecular weight is 559 g/mol. The van der Waals surface area contributed by atoms with Crippen LogP contribution in [-0.4, -0.2) is 60.8 Å². The third-order valence-corrected chi connectivity index (χ3v) is 9.31. The number of nitrogens with zero attached hydrogens (tertiary/aromatic N) is 1. The van der Waals surface area contributed by atoms with Crippen molar-refractivity contribution in [2.24, 2.45) is 11.8 Å². The summed E-state index contributed by atoms with van der Waals surface area (Å²) >= 11 is 0. The van der Waals surface area contributed by atoms with Crippen LogP contribution in [0.15, 0.2) is 61.2 Å². The molecule has 0 bridgehead atoms. The molecule has 6 rings (SSSR count). The van der Waals surface area contributed by atoms with Gasteiger partial charge >= 0.3 is 11.9 Å². The number of aromatic amines is 1. The van der Waals surface area contributed by atoms with Gasteiger partial charge in [0.15, 0.2) is 0 Å². The highest BCUT2D eigenvalue weighted by molar-refractivity contribution is 5.87. The van der Waals surface area contributed by atoms with Crippen LogP contribution in [0, 0.1) is 11.8 Å². The first-order valence-corrected chi connectivity index (χ1v) is 14.5. The van der Waals surface area contributed by atoms with Crippen LogP contribution in [0.3, 0.4) is 0 Å². The van der Waals surface area contributed by atoms with Gasteiger partial charge in [0, 0.05) is 41.7 Å². The van der Waals surface area contributed by atoms with E-state index in [0.717, 1.165) is 42.8 Å². The van der Waals surface area contributed by atoms with Gasteiger partial charge in [-0.25, -0.2) is 4.79 Å². The molecule has 3 aromatic rings. The van der Waals surface area contributed by atoms with Crippen molar-refractivity contribution < 1.29 is 28.5 Å². The molecule has 216 valence electrons. The predicted molar refractivity (Wildman–Crippen MR) is 154 cm³/mol. The number of fused-ring (bicyclic) bond motifs is 6. The van der Waals surface area contributed by atoms with E-state index in [1.54, 1.807) is 7.11 Å². The molecule has 2 fully saturated rings. The highest BCUT2D eigenvalue weighted by atomic mass is 16.6. The lowest BCUT2D eigenvalue weighted by atomic mass is 9.62. The monoisotopic (exact) mass is 558 g/mol. The molecule has 8 heteroatoms. The summed E-state index contributed by atoms with van der Waals surface area (Å²) < 4.78 is 23.6. The van der Waals surface area contributed by atoms with Crippen LogP contribution in [-0.2, 0) is 36.8 Å². The number of piperidine rings is 1. The maximum Gasteiger partial charge on any atom is 0.353 e. The van der Waals surface area contributed by atoms with Crippen LogP contribution in [0.5, 0.6) is 5.75 Å². The van der Waals surface area contributed by atoms with Gasteiger partial charge < -0.3 is 23.9 Å². The van der Waals surface area contributed by atoms with Crippen LogP contribution in [0.4, 0.5) is 0 Å². The molecule has 0 unspecified atom stereocenters. The second-order valence-corrected chi connectivity index (χ2v) is 11.4. The van der Waals surface area contributed by atoms with Crippen molar-refractivity contribution in [2.45, 2.75) is 56.5 Å². The minimum atomic E-state index is -1.55. The summed E-state index contributed by atoms with van der Waals surface area (Å²) in [5.74, 6) is -0.352. The van der Waals surface area contributed by atoms with E-state index >= 15 is 0 Å². The van der Waals surface area contributed by atoms with Gasteiger partial charge in [0.05, 0.1) is 33.3 Å². The zero-order valence-corrected chi connectivity index (χ0v) is 23.8. The first kappa shape index (κ1) is 27.5. The number of benzene rings is 2. The van der Waals surface area contributed by atoms with Crippen molar-refractivity contribution in [1.82, 2.24) is 9.88 Å². The number of ether oxygens (including phenoxy) is 4. The number of esters is 2. The number of nitrogens with one attached hydrogen (secondary N) is 1. The van der Waals surface area contributed by atoms with Crippen LogP contribution in [0.1, 0.15) is 48.5 Å². The molecule has 1 N–H and O–H groups in total. The Labute approximate surface area is 240 Å². The molecule has 1 saturated carbocycles. The molecule has 0 amide bonds. The van der Waals surface area contributed by atoms with E-state index < -0.39 is 23.6 Å². The molecule has 8 nitrogen and oxygen atoms in total. The Morgan fingerprint density at radius 1 is 1.15 bits per heavy atom. The van der Waals surface area contributed by atoms with E-state index in [1.165, 1.54) is 29.8 Å². The predicted octanol–water partition coefficient (Wildman–Crippen LogP) is 5.12. The molecule has 5 atom stereocenters. The standard InChI is InChI=1S/C33H38N2O6/c1-4-8-30(36)41-33(32(37)39-3)26-18-28-31-25(24-13-12-23(38-2)17-27(24)34-31)15-16-35(28)19-22(26)11-14-29(33)40-20-21-9-6-5-7-10-21/h4-7,9-10,12-13,17,22,26,28-29,34H,1,8,11,14-16,18-20H2,2-3H3/t22-,26+,28-,29-,33+/m1/s1. The third kappa shape index (κ3) is 4.83. The number of aromatic nitrogens is 1. The molecule has 3 aliphatic rings. The Morgan fingerprint density at radius 2 is 1.98 bits per heavy atom. The largest absolute Gasteiger partial charge is 0.497 e. The van der Waals surface area contributed by atoms with Crippen LogP contribution >= 0.6 is 0 Å². The smallest absolute Gasteiger partial charge is 0.353 e. The maximum absolute atomic E-state index is 13.9. The first-order valence-electron chi connectivity index (χ1n) is 14.5. The molecule has 1 aromatic heterocycles. The van der Waals surface area contributed by atoms with Crippen LogP contribution in [0.2, 0.25) is 0 Å². The quantitative estimate of drug-likeness (QED) is 0.303. The molecule has 0 spiro atoms. The zero-order chi connectivity index (χ0) is 28.6. The second kappa shape index (κ2) is 11.3. The molecule has 1 saturated heterocycles. The van der Waals surface area contributed by atoms with Crippen molar-refractivity contribution in [3.8, 4) is 5.75 Å². The Kier molecular flexibility index (Phi) is 7.62. The summed E-state index contributed by atoms with van der Waals surface area (Å²) in [6.45, 7) is 5.77. The molecular weight excluding hydrogens is 520 g/mol. The van der Waals surface area contributed by atoms with E-state index in [9.17, 15) is 9.59 Å². The fourth-order valence-corrected chi connectivity index (χ4v) is 7.46. The average Bonchev–Trinajstić information content (AvgIpc) is 3.38. The maximum atomic E-state index is 13.9. The number of rotatable bonds is 8. The number of H-pyrrole nitrogens is 1. The van der Waals surface area contributed by atoms with Crippen molar-refractivity contribution in [3.63, 3.8) is 0 Å². The van der Waals surface area contributed by atoms with Crippen LogP contribution < -0.4 is 4.74 Å². The van der Waals surface area contributed by atoms with E-state index in [2.05, 4.69) is 22.5 Å². The molecule has 3 heterocycles. The lowest BCUT2D eigenvalue weighted by Gasteiger charge is -2.55. The normalized spacial score (nSPS) is 27.3. The lowest BCUT2D eigenvalue weighted by molar-refractivity contribution is -0.233. The Hall–Kier alpha value is -3.62. The number of methoxy groups -OCH3 is 2. The molecule has 0 radical (unpaired) electrons. The van der Waals surface area contributed by atoms with Crippen molar-refractivity contribution in [2.75, 3.05) is 27.3 Å². The zero-order valence-electron chi connectivity index (χ0n) is 23.8. The SMILES string of the molecule is C=CCC(=O)O[C@]1(C(=O)OC)[C@H](OCc2ccccc2)CC[C@@H]2CN3CCc4c([nH]c5cc(OC)ccc45)[C@H]3C[C@@H]21. The summed E-state index contributed by atoms with van der Waals surface area (Å²) in [6.07, 6.45) is 3.94. The highest BCUT2D eigenvalue weighted by Gasteiger charge is 2.63. The lowest BCUT2D eigenvalue weighted by Crippen LogP contribution is -2.66. The van der Waals surface area contributed by atoms with Crippen molar-refractivity contribution >= 4 is 22.8 Å². The minimum absolute atomic E-state index is 0.00505. The van der Waals surface area contributed by atoms with E-state index in [4.69, 9.17) is 18.9 Å². The van der Waals surface area contributed by atoms with Gasteiger partial charge in [0.1, 0.15) is 11.9 Å². The molecule has 41 heavy (non-hydrogen) atoms. The summed E-state index contributed by atoms with van der Waals surface area (Å²) in [4.78, 5) is 33.2. The van der Waals surface area contributed by atoms with Gasteiger partial charge in [-0.05, 0) is 54.9 Å². The van der Waals surface area contributed by atoms with Crippen molar-refractivity contribution in [3.05, 3.63) is 78.0 Å². The van der Waals surface area contributed by atoms with Gasteiger partial charge in [0.2, 0.25) is 5.60 Å². The van der Waals surface area contributed by atoms with Crippen LogP contribution in [0.25, 0.3) is 10.9 Å². The van der Waals surface area contributed by atoms with Gasteiger partial charge in [-0.1, -0.05) is 36.4 Å². The molecule has 1 aliphatic carbocycles. The minimum Gasteiger partial charge on any atom is -0.497 e. The number of hydrogen-bond donors (Lipinski definition) is 1. The molecule has 2 aromatic carbocycles. The van der Waals surface area contributed by atoms with Crippen molar-refractivity contribution in [1.29, 1.82) is 0 Å². The van der Waals surface area contributed by atoms with Gasteiger partial charge in [-0.15, -0.1) is 6.58 Å². The first-order chi connectivity index (χ1) is 20.0. The molecular formula is C33H38N2O6. The van der Waals surface area contributed by atoms with E-state index in [-0.39, 0.29) is 24.3 Å². The van der Waals surface area contributed by atoms with E-state index in [1.807, 2.05) is 42.5 Å². The summed E-state index contributed by atoms with van der Waals surface area (Å²) in [7, 11) is 3.04. The Bertz CT molecular complexity index is 1430. The Balaban J connectivity index is 1.39. The summed E-state index contributed by atoms with van der Waals surface area (Å²) in [5.41, 5.74) is 2.96. The summed E-state index contributed by atoms with van der Waals surface area (Å²) in [6, 6.07) is 16.0. The fourth-order valence-electron chi connectivity index (χ4n) is 7.46. The third-order valence-electron chi connectivity index (χ3n) is 9.31. The molecule has 2 aliphatic heterocycles. The topological polar surface area (TPSA) is 90.1 Å². The number of hydrogen-bond acceptors (Lipinski definition) is 7. The number of carbonyl (C=O) groups is 2. The number of carbonyl (C=O) groups excluding carboxylic acids is 2. The Morgan fingerprint density at radius 3 is 2.73 bits per heavy atom. The second-order valence-electron chi connectivity index (χ2n) is 11.4. The van der Waals surface area contributed by atoms with Gasteiger partial charge in [-0.2, -0.15) is 0 Å². The van der Waals surface area contributed by atoms with Gasteiger partial charge in [0.25, 0.3) is 0 Å². The highest BCUT2D eigenvalue weighted by Crippen LogP contribution is 2.53.